The lowest BCUT2D eigenvalue weighted by Gasteiger charge is -1.97. The average molecular weight is 165 g/mol. The first-order valence-corrected chi connectivity index (χ1v) is 3.59. The number of nitrogens with zero attached hydrogens (tertiary/aromatic N) is 1. The van der Waals surface area contributed by atoms with Crippen LogP contribution >= 0.6 is 0 Å². The highest BCUT2D eigenvalue weighted by atomic mass is 16.6. The fraction of sp³-hybridized carbons (Fsp3) is 0.250. The highest BCUT2D eigenvalue weighted by Crippen LogP contribution is 2.35. The van der Waals surface area contributed by atoms with E-state index in [-0.39, 0.29) is 17.5 Å². The molecule has 0 unspecified atom stereocenters. The molecule has 1 aliphatic heterocycles. The molecule has 1 aromatic carbocycles. The lowest BCUT2D eigenvalue weighted by molar-refractivity contribution is 0.415. The SMILES string of the molecule is O=Nc1cc([C@@H]2CO2)ccc1O. The molecule has 1 N–H and O–H groups in total. The summed E-state index contributed by atoms with van der Waals surface area (Å²) in [5.74, 6) is -0.0885. The predicted octanol–water partition coefficient (Wildman–Crippen LogP) is 1.86. The Kier molecular flexibility index (Phi) is 1.55. The van der Waals surface area contributed by atoms with Gasteiger partial charge in [-0.3, -0.25) is 0 Å². The molecular weight excluding hydrogens is 158 g/mol. The Morgan fingerprint density at radius 1 is 1.58 bits per heavy atom. The third-order valence-electron chi connectivity index (χ3n) is 1.80. The minimum absolute atomic E-state index is 0.0722. The van der Waals surface area contributed by atoms with Gasteiger partial charge in [-0.25, -0.2) is 0 Å². The molecular formula is C8H7NO3. The van der Waals surface area contributed by atoms with Crippen LogP contribution in [0.15, 0.2) is 23.4 Å². The number of ether oxygens (including phenoxy) is 1. The first-order chi connectivity index (χ1) is 5.81. The molecule has 0 aliphatic carbocycles. The van der Waals surface area contributed by atoms with Crippen molar-refractivity contribution < 1.29 is 9.84 Å². The summed E-state index contributed by atoms with van der Waals surface area (Å²) < 4.78 is 5.01. The van der Waals surface area contributed by atoms with Crippen molar-refractivity contribution in [1.82, 2.24) is 0 Å². The van der Waals surface area contributed by atoms with Gasteiger partial charge in [-0.1, -0.05) is 6.07 Å². The molecule has 2 rings (SSSR count). The zero-order valence-corrected chi connectivity index (χ0v) is 6.23. The van der Waals surface area contributed by atoms with Gasteiger partial charge in [-0.15, -0.1) is 4.91 Å². The molecule has 0 spiro atoms. The van der Waals surface area contributed by atoms with Crippen molar-refractivity contribution >= 4 is 5.69 Å². The smallest absolute Gasteiger partial charge is 0.149 e. The van der Waals surface area contributed by atoms with Crippen LogP contribution in [0.25, 0.3) is 0 Å². The second-order valence-corrected chi connectivity index (χ2v) is 2.66. The zero-order valence-electron chi connectivity index (χ0n) is 6.23. The van der Waals surface area contributed by atoms with E-state index >= 15 is 0 Å². The first-order valence-electron chi connectivity index (χ1n) is 3.59. The monoisotopic (exact) mass is 165 g/mol. The van der Waals surface area contributed by atoms with Crippen molar-refractivity contribution in [3.63, 3.8) is 0 Å². The molecule has 1 aromatic rings. The fourth-order valence-corrected chi connectivity index (χ4v) is 1.05. The molecule has 1 fully saturated rings. The summed E-state index contributed by atoms with van der Waals surface area (Å²) in [6, 6.07) is 4.72. The van der Waals surface area contributed by atoms with Crippen LogP contribution in [-0.4, -0.2) is 11.7 Å². The minimum atomic E-state index is -0.0885. The van der Waals surface area contributed by atoms with Gasteiger partial charge in [0, 0.05) is 0 Å². The van der Waals surface area contributed by atoms with Crippen molar-refractivity contribution in [3.8, 4) is 5.75 Å². The molecule has 0 saturated carbocycles. The van der Waals surface area contributed by atoms with Crippen molar-refractivity contribution in [2.45, 2.75) is 6.10 Å². The van der Waals surface area contributed by atoms with Gasteiger partial charge in [-0.05, 0) is 22.9 Å². The van der Waals surface area contributed by atoms with E-state index in [1.165, 1.54) is 6.07 Å². The number of hydrogen-bond acceptors (Lipinski definition) is 4. The maximum Gasteiger partial charge on any atom is 0.149 e. The van der Waals surface area contributed by atoms with E-state index in [0.717, 1.165) is 5.56 Å². The summed E-state index contributed by atoms with van der Waals surface area (Å²) >= 11 is 0. The van der Waals surface area contributed by atoms with Gasteiger partial charge in [0.2, 0.25) is 0 Å². The van der Waals surface area contributed by atoms with Crippen LogP contribution in [0, 0.1) is 4.91 Å². The lowest BCUT2D eigenvalue weighted by atomic mass is 10.1. The molecule has 1 saturated heterocycles. The molecule has 1 atom stereocenters. The van der Waals surface area contributed by atoms with Crippen molar-refractivity contribution in [2.75, 3.05) is 6.61 Å². The standard InChI is InChI=1S/C8H7NO3/c10-7-2-1-5(8-4-12-8)3-6(7)9-11/h1-3,8,10H,4H2/t8-/m0/s1. The molecule has 0 radical (unpaired) electrons. The summed E-state index contributed by atoms with van der Waals surface area (Å²) in [7, 11) is 0. The van der Waals surface area contributed by atoms with E-state index in [2.05, 4.69) is 5.18 Å². The quantitative estimate of drug-likeness (QED) is 0.537. The summed E-state index contributed by atoms with van der Waals surface area (Å²) in [6.07, 6.45) is 0.0890. The summed E-state index contributed by atoms with van der Waals surface area (Å²) in [5.41, 5.74) is 0.963. The van der Waals surface area contributed by atoms with E-state index in [4.69, 9.17) is 9.84 Å². The second kappa shape index (κ2) is 2.57. The number of phenols is 1. The Morgan fingerprint density at radius 2 is 2.33 bits per heavy atom. The van der Waals surface area contributed by atoms with E-state index in [0.29, 0.717) is 6.61 Å². The van der Waals surface area contributed by atoms with Crippen LogP contribution < -0.4 is 0 Å². The van der Waals surface area contributed by atoms with Crippen molar-refractivity contribution in [3.05, 3.63) is 28.7 Å². The predicted molar refractivity (Wildman–Crippen MR) is 42.3 cm³/mol. The first kappa shape index (κ1) is 7.24. The van der Waals surface area contributed by atoms with Crippen LogP contribution in [-0.2, 0) is 4.74 Å². The van der Waals surface area contributed by atoms with Gasteiger partial charge >= 0.3 is 0 Å². The highest BCUT2D eigenvalue weighted by Gasteiger charge is 2.25. The van der Waals surface area contributed by atoms with Gasteiger partial charge in [0.05, 0.1) is 6.61 Å². The molecule has 12 heavy (non-hydrogen) atoms. The largest absolute Gasteiger partial charge is 0.506 e. The van der Waals surface area contributed by atoms with Crippen LogP contribution in [0.2, 0.25) is 0 Å². The minimum Gasteiger partial charge on any atom is -0.506 e. The third kappa shape index (κ3) is 1.16. The molecule has 0 bridgehead atoms. The van der Waals surface area contributed by atoms with E-state index in [9.17, 15) is 4.91 Å². The Bertz CT molecular complexity index is 320. The molecule has 4 heteroatoms. The number of rotatable bonds is 2. The number of hydrogen-bond donors (Lipinski definition) is 1. The van der Waals surface area contributed by atoms with Crippen molar-refractivity contribution in [2.24, 2.45) is 5.18 Å². The van der Waals surface area contributed by atoms with Gasteiger partial charge in [0.15, 0.2) is 0 Å². The molecule has 4 nitrogen and oxygen atoms in total. The Morgan fingerprint density at radius 3 is 2.92 bits per heavy atom. The Labute approximate surface area is 68.8 Å². The average Bonchev–Trinajstić information content (AvgIpc) is 2.88. The van der Waals surface area contributed by atoms with Gasteiger partial charge < -0.3 is 9.84 Å². The number of nitroso groups, excluding NO2 is 1. The highest BCUT2D eigenvalue weighted by molar-refractivity contribution is 5.53. The van der Waals surface area contributed by atoms with Crippen LogP contribution in [0.3, 0.4) is 0 Å². The maximum atomic E-state index is 10.2. The van der Waals surface area contributed by atoms with E-state index in [1.807, 2.05) is 0 Å². The van der Waals surface area contributed by atoms with Gasteiger partial charge in [0.25, 0.3) is 0 Å². The molecule has 1 aliphatic rings. The number of phenolic OH excluding ortho intramolecular Hbond substituents is 1. The van der Waals surface area contributed by atoms with Crippen LogP contribution in [0.4, 0.5) is 5.69 Å². The van der Waals surface area contributed by atoms with E-state index < -0.39 is 0 Å². The summed E-state index contributed by atoms with van der Waals surface area (Å²) in [5, 5.41) is 11.8. The van der Waals surface area contributed by atoms with Gasteiger partial charge in [0.1, 0.15) is 17.5 Å². The molecule has 62 valence electrons. The Balaban J connectivity index is 2.39. The Hall–Kier alpha value is -1.42. The zero-order chi connectivity index (χ0) is 8.55. The lowest BCUT2D eigenvalue weighted by Crippen LogP contribution is -1.79. The number of benzene rings is 1. The van der Waals surface area contributed by atoms with E-state index in [1.54, 1.807) is 12.1 Å². The molecule has 0 amide bonds. The third-order valence-corrected chi connectivity index (χ3v) is 1.80. The van der Waals surface area contributed by atoms with Gasteiger partial charge in [-0.2, -0.15) is 0 Å². The summed E-state index contributed by atoms with van der Waals surface area (Å²) in [4.78, 5) is 10.2. The fourth-order valence-electron chi connectivity index (χ4n) is 1.05. The second-order valence-electron chi connectivity index (χ2n) is 2.66. The number of epoxide rings is 1. The molecule has 0 aromatic heterocycles. The van der Waals surface area contributed by atoms with Crippen LogP contribution in [0.1, 0.15) is 11.7 Å². The molecule has 1 heterocycles. The van der Waals surface area contributed by atoms with Crippen LogP contribution in [0.5, 0.6) is 5.75 Å². The number of aromatic hydroxyl groups is 1. The summed E-state index contributed by atoms with van der Waals surface area (Å²) in [6.45, 7) is 0.684. The maximum absolute atomic E-state index is 10.2. The van der Waals surface area contributed by atoms with Crippen molar-refractivity contribution in [1.29, 1.82) is 0 Å². The topological polar surface area (TPSA) is 62.2 Å². The normalized spacial score (nSPS) is 20.5.